The van der Waals surface area contributed by atoms with E-state index in [0.717, 1.165) is 18.5 Å². The third kappa shape index (κ3) is 2.14. The molecule has 1 aliphatic heterocycles. The second-order valence-electron chi connectivity index (χ2n) is 5.41. The molecule has 8 heteroatoms. The van der Waals surface area contributed by atoms with Crippen molar-refractivity contribution in [1.82, 2.24) is 24.7 Å². The lowest BCUT2D eigenvalue weighted by molar-refractivity contribution is 0.236. The summed E-state index contributed by atoms with van der Waals surface area (Å²) < 4.78 is 26.6. The summed E-state index contributed by atoms with van der Waals surface area (Å²) in [6.45, 7) is 3.05. The first-order valence-corrected chi connectivity index (χ1v) is 7.95. The Morgan fingerprint density at radius 3 is 2.90 bits per heavy atom. The van der Waals surface area contributed by atoms with Crippen LogP contribution in [0.4, 0.5) is 0 Å². The molecule has 7 nitrogen and oxygen atoms in total. The number of aromatic nitrogens is 4. The minimum absolute atomic E-state index is 0.214. The highest BCUT2D eigenvalue weighted by Crippen LogP contribution is 2.34. The topological polar surface area (TPSA) is 94.7 Å². The summed E-state index contributed by atoms with van der Waals surface area (Å²) in [4.78, 5) is 0.214. The molecule has 0 bridgehead atoms. The molecule has 3 heterocycles. The van der Waals surface area contributed by atoms with Crippen LogP contribution in [0.25, 0.3) is 0 Å². The number of rotatable bonds is 3. The molecule has 0 saturated carbocycles. The lowest BCUT2D eigenvalue weighted by Crippen LogP contribution is -2.47. The summed E-state index contributed by atoms with van der Waals surface area (Å²) in [5.41, 5.74) is 0.746. The van der Waals surface area contributed by atoms with E-state index in [1.54, 1.807) is 6.20 Å². The Balaban J connectivity index is 1.90. The molecule has 1 atom stereocenters. The highest BCUT2D eigenvalue weighted by Gasteiger charge is 2.39. The predicted octanol–water partition coefficient (Wildman–Crippen LogP) is 0.875. The average molecular weight is 295 g/mol. The highest BCUT2D eigenvalue weighted by molar-refractivity contribution is 7.89. The van der Waals surface area contributed by atoms with Crippen molar-refractivity contribution in [2.24, 2.45) is 0 Å². The van der Waals surface area contributed by atoms with Gasteiger partial charge >= 0.3 is 0 Å². The highest BCUT2D eigenvalue weighted by atomic mass is 32.2. The number of piperidine rings is 1. The first kappa shape index (κ1) is 13.3. The summed E-state index contributed by atoms with van der Waals surface area (Å²) in [6, 6.07) is 1.91. The first-order chi connectivity index (χ1) is 9.52. The van der Waals surface area contributed by atoms with E-state index in [1.165, 1.54) is 16.7 Å². The van der Waals surface area contributed by atoms with E-state index in [2.05, 4.69) is 27.3 Å². The lowest BCUT2D eigenvalue weighted by Gasteiger charge is -2.38. The van der Waals surface area contributed by atoms with Gasteiger partial charge in [0.1, 0.15) is 4.90 Å². The van der Waals surface area contributed by atoms with Crippen LogP contribution in [-0.2, 0) is 15.4 Å². The van der Waals surface area contributed by atoms with Crippen molar-refractivity contribution < 1.29 is 8.42 Å². The molecule has 0 aliphatic carbocycles. The van der Waals surface area contributed by atoms with Gasteiger partial charge in [-0.05, 0) is 18.9 Å². The van der Waals surface area contributed by atoms with E-state index in [-0.39, 0.29) is 10.3 Å². The average Bonchev–Trinajstić information content (AvgIpc) is 3.12. The molecule has 0 unspecified atom stereocenters. The minimum Gasteiger partial charge on any atom is -0.284 e. The maximum absolute atomic E-state index is 12.5. The summed E-state index contributed by atoms with van der Waals surface area (Å²) in [7, 11) is -3.48. The SMILES string of the molecule is C[C@]1(c2ccn[nH]2)CCCN(S(=O)(=O)c2cn[nH]c2)C1. The zero-order valence-corrected chi connectivity index (χ0v) is 12.0. The summed E-state index contributed by atoms with van der Waals surface area (Å²) in [5.74, 6) is 0. The smallest absolute Gasteiger partial charge is 0.246 e. The van der Waals surface area contributed by atoms with Crippen LogP contribution < -0.4 is 0 Å². The molecule has 20 heavy (non-hydrogen) atoms. The van der Waals surface area contributed by atoms with E-state index in [1.807, 2.05) is 6.07 Å². The van der Waals surface area contributed by atoms with Gasteiger partial charge in [-0.2, -0.15) is 14.5 Å². The van der Waals surface area contributed by atoms with Crippen molar-refractivity contribution in [1.29, 1.82) is 0 Å². The number of H-pyrrole nitrogens is 2. The predicted molar refractivity (Wildman–Crippen MR) is 72.5 cm³/mol. The molecule has 0 aromatic carbocycles. The Morgan fingerprint density at radius 1 is 1.40 bits per heavy atom. The van der Waals surface area contributed by atoms with Gasteiger partial charge < -0.3 is 0 Å². The fourth-order valence-corrected chi connectivity index (χ4v) is 4.25. The van der Waals surface area contributed by atoms with E-state index in [0.29, 0.717) is 13.1 Å². The Hall–Kier alpha value is -1.67. The summed E-state index contributed by atoms with van der Waals surface area (Å²) >= 11 is 0. The normalized spacial score (nSPS) is 24.9. The number of hydrogen-bond donors (Lipinski definition) is 2. The van der Waals surface area contributed by atoms with E-state index >= 15 is 0 Å². The molecular formula is C12H17N5O2S. The Kier molecular flexibility index (Phi) is 3.14. The molecule has 2 N–H and O–H groups in total. The van der Waals surface area contributed by atoms with Gasteiger partial charge in [0.15, 0.2) is 0 Å². The molecule has 0 radical (unpaired) electrons. The van der Waals surface area contributed by atoms with Gasteiger partial charge in [-0.25, -0.2) is 8.42 Å². The van der Waals surface area contributed by atoms with Crippen molar-refractivity contribution in [2.75, 3.05) is 13.1 Å². The molecule has 2 aromatic heterocycles. The van der Waals surface area contributed by atoms with Crippen LogP contribution in [0.5, 0.6) is 0 Å². The summed E-state index contributed by atoms with van der Waals surface area (Å²) in [5, 5.41) is 13.2. The van der Waals surface area contributed by atoms with Crippen LogP contribution in [0.15, 0.2) is 29.6 Å². The monoisotopic (exact) mass is 295 g/mol. The number of nitrogens with zero attached hydrogens (tertiary/aromatic N) is 3. The number of aromatic amines is 2. The second-order valence-corrected chi connectivity index (χ2v) is 7.35. The van der Waals surface area contributed by atoms with Crippen LogP contribution in [0.3, 0.4) is 0 Å². The quantitative estimate of drug-likeness (QED) is 0.878. The first-order valence-electron chi connectivity index (χ1n) is 6.51. The third-order valence-corrected chi connectivity index (χ3v) is 5.73. The molecular weight excluding hydrogens is 278 g/mol. The van der Waals surface area contributed by atoms with Crippen LogP contribution >= 0.6 is 0 Å². The number of sulfonamides is 1. The zero-order valence-electron chi connectivity index (χ0n) is 11.2. The van der Waals surface area contributed by atoms with Gasteiger partial charge in [0, 0.05) is 36.6 Å². The minimum atomic E-state index is -3.48. The van der Waals surface area contributed by atoms with E-state index in [9.17, 15) is 8.42 Å². The third-order valence-electron chi connectivity index (χ3n) is 3.92. The largest absolute Gasteiger partial charge is 0.284 e. The molecule has 0 amide bonds. The molecule has 1 saturated heterocycles. The number of hydrogen-bond acceptors (Lipinski definition) is 4. The molecule has 1 aliphatic rings. The van der Waals surface area contributed by atoms with Crippen molar-refractivity contribution in [3.8, 4) is 0 Å². The van der Waals surface area contributed by atoms with Gasteiger partial charge in [-0.3, -0.25) is 10.2 Å². The van der Waals surface area contributed by atoms with Gasteiger partial charge in [-0.15, -0.1) is 0 Å². The molecule has 3 rings (SSSR count). The zero-order chi connectivity index (χ0) is 14.2. The van der Waals surface area contributed by atoms with Gasteiger partial charge in [-0.1, -0.05) is 6.92 Å². The summed E-state index contributed by atoms with van der Waals surface area (Å²) in [6.07, 6.45) is 6.22. The van der Waals surface area contributed by atoms with Gasteiger partial charge in [0.2, 0.25) is 10.0 Å². The maximum Gasteiger partial charge on any atom is 0.246 e. The van der Waals surface area contributed by atoms with E-state index in [4.69, 9.17) is 0 Å². The van der Waals surface area contributed by atoms with Crippen molar-refractivity contribution in [3.05, 3.63) is 30.4 Å². The van der Waals surface area contributed by atoms with Crippen molar-refractivity contribution in [3.63, 3.8) is 0 Å². The molecule has 2 aromatic rings. The van der Waals surface area contributed by atoms with Crippen LogP contribution in [0, 0.1) is 0 Å². The maximum atomic E-state index is 12.5. The molecule has 0 spiro atoms. The van der Waals surface area contributed by atoms with Gasteiger partial charge in [0.05, 0.1) is 6.20 Å². The fraction of sp³-hybridized carbons (Fsp3) is 0.500. The Labute approximate surface area is 117 Å². The van der Waals surface area contributed by atoms with Crippen molar-refractivity contribution in [2.45, 2.75) is 30.1 Å². The Morgan fingerprint density at radius 2 is 2.25 bits per heavy atom. The van der Waals surface area contributed by atoms with Crippen molar-refractivity contribution >= 4 is 10.0 Å². The standard InChI is InChI=1S/C12H17N5O2S/c1-12(11-3-5-13-16-11)4-2-6-17(9-12)20(18,19)10-7-14-15-8-10/h3,5,7-8H,2,4,6,9H2,1H3,(H,13,16)(H,14,15)/t12-/m0/s1. The lowest BCUT2D eigenvalue weighted by atomic mass is 9.80. The van der Waals surface area contributed by atoms with E-state index < -0.39 is 10.0 Å². The van der Waals surface area contributed by atoms with Crippen LogP contribution in [0.2, 0.25) is 0 Å². The fourth-order valence-electron chi connectivity index (χ4n) is 2.74. The molecule has 1 fully saturated rings. The second kappa shape index (κ2) is 4.71. The number of nitrogens with one attached hydrogen (secondary N) is 2. The molecule has 108 valence electrons. The van der Waals surface area contributed by atoms with Crippen LogP contribution in [-0.4, -0.2) is 46.2 Å². The van der Waals surface area contributed by atoms with Gasteiger partial charge in [0.25, 0.3) is 0 Å². The van der Waals surface area contributed by atoms with Crippen LogP contribution in [0.1, 0.15) is 25.5 Å². The Bertz CT molecular complexity index is 665.